The normalized spacial score (nSPS) is 11.6. The molecule has 17 heavy (non-hydrogen) atoms. The van der Waals surface area contributed by atoms with Crippen molar-refractivity contribution in [1.29, 1.82) is 0 Å². The molecule has 0 fully saturated rings. The smallest absolute Gasteiger partial charge is 0.260 e. The Morgan fingerprint density at radius 2 is 2.24 bits per heavy atom. The molecule has 88 valence electrons. The monoisotopic (exact) mass is 246 g/mol. The Kier molecular flexibility index (Phi) is 2.33. The fraction of sp³-hybridized carbons (Fsp3) is 0.308. The Balaban J connectivity index is 2.46. The van der Waals surface area contributed by atoms with Crippen LogP contribution in [0.1, 0.15) is 18.9 Å². The molecule has 0 unspecified atom stereocenters. The van der Waals surface area contributed by atoms with E-state index < -0.39 is 0 Å². The van der Waals surface area contributed by atoms with E-state index in [-0.39, 0.29) is 5.56 Å². The quantitative estimate of drug-likeness (QED) is 0.740. The third kappa shape index (κ3) is 1.44. The molecule has 0 saturated heterocycles. The highest BCUT2D eigenvalue weighted by atomic mass is 32.1. The molecule has 0 radical (unpaired) electrons. The summed E-state index contributed by atoms with van der Waals surface area (Å²) in [6.07, 6.45) is 2.85. The van der Waals surface area contributed by atoms with E-state index in [1.54, 1.807) is 15.9 Å². The third-order valence-corrected chi connectivity index (χ3v) is 4.12. The molecular formula is C13H14N2OS. The zero-order valence-corrected chi connectivity index (χ0v) is 10.7. The van der Waals surface area contributed by atoms with Crippen molar-refractivity contribution in [2.75, 3.05) is 0 Å². The van der Waals surface area contributed by atoms with Gasteiger partial charge < -0.3 is 9.55 Å². The maximum Gasteiger partial charge on any atom is 0.260 e. The maximum atomic E-state index is 12.4. The van der Waals surface area contributed by atoms with Crippen LogP contribution in [0.5, 0.6) is 0 Å². The van der Waals surface area contributed by atoms with Crippen molar-refractivity contribution in [3.8, 4) is 0 Å². The van der Waals surface area contributed by atoms with Crippen LogP contribution >= 0.6 is 11.3 Å². The summed E-state index contributed by atoms with van der Waals surface area (Å²) in [6.45, 7) is 4.92. The Hall–Kier alpha value is -1.55. The van der Waals surface area contributed by atoms with E-state index in [1.165, 1.54) is 5.56 Å². The molecule has 3 nitrogen and oxygen atoms in total. The van der Waals surface area contributed by atoms with Crippen LogP contribution in [0.3, 0.4) is 0 Å². The van der Waals surface area contributed by atoms with Crippen LogP contribution in [0.4, 0.5) is 0 Å². The van der Waals surface area contributed by atoms with Crippen molar-refractivity contribution in [2.45, 2.75) is 26.8 Å². The van der Waals surface area contributed by atoms with Gasteiger partial charge in [-0.1, -0.05) is 6.92 Å². The Morgan fingerprint density at radius 1 is 1.41 bits per heavy atom. The topological polar surface area (TPSA) is 37.8 Å². The Morgan fingerprint density at radius 3 is 3.00 bits per heavy atom. The summed E-state index contributed by atoms with van der Waals surface area (Å²) in [5, 5.41) is 4.03. The van der Waals surface area contributed by atoms with E-state index in [9.17, 15) is 4.79 Å². The zero-order chi connectivity index (χ0) is 12.0. The second kappa shape index (κ2) is 3.74. The number of nitrogens with one attached hydrogen (secondary N) is 1. The molecule has 0 aliphatic rings. The zero-order valence-electron chi connectivity index (χ0n) is 9.91. The molecule has 0 spiro atoms. The number of rotatable bonds is 2. The number of H-pyrrole nitrogens is 1. The van der Waals surface area contributed by atoms with Gasteiger partial charge in [0.2, 0.25) is 0 Å². The largest absolute Gasteiger partial charge is 0.346 e. The molecule has 0 bridgehead atoms. The lowest BCUT2D eigenvalue weighted by Gasteiger charge is -2.03. The summed E-state index contributed by atoms with van der Waals surface area (Å²) < 4.78 is 1.80. The molecule has 0 aromatic carbocycles. The molecule has 0 saturated carbocycles. The number of aryl methyl sites for hydroxylation is 2. The summed E-state index contributed by atoms with van der Waals surface area (Å²) >= 11 is 1.66. The number of hydrogen-bond acceptors (Lipinski definition) is 2. The fourth-order valence-corrected chi connectivity index (χ4v) is 3.27. The minimum atomic E-state index is 0.122. The summed E-state index contributed by atoms with van der Waals surface area (Å²) in [5.74, 6) is 0. The van der Waals surface area contributed by atoms with Gasteiger partial charge in [-0.3, -0.25) is 4.79 Å². The lowest BCUT2D eigenvalue weighted by molar-refractivity contribution is 0.659. The van der Waals surface area contributed by atoms with Gasteiger partial charge in [0.25, 0.3) is 5.56 Å². The standard InChI is InChI=1S/C13H14N2OS/c1-3-5-15-6-4-9-11(13(15)16)10-8(2)7-17-12(10)14-9/h4,6-7,14H,3,5H2,1-2H3. The molecule has 3 aromatic rings. The lowest BCUT2D eigenvalue weighted by atomic mass is 10.2. The molecule has 0 aliphatic carbocycles. The van der Waals surface area contributed by atoms with Gasteiger partial charge in [0, 0.05) is 18.1 Å². The Labute approximate surface area is 103 Å². The van der Waals surface area contributed by atoms with Crippen molar-refractivity contribution in [1.82, 2.24) is 9.55 Å². The first-order valence-electron chi connectivity index (χ1n) is 5.81. The summed E-state index contributed by atoms with van der Waals surface area (Å²) in [7, 11) is 0. The van der Waals surface area contributed by atoms with Crippen LogP contribution in [0.15, 0.2) is 22.4 Å². The van der Waals surface area contributed by atoms with E-state index in [2.05, 4.69) is 24.2 Å². The number of fused-ring (bicyclic) bond motifs is 3. The van der Waals surface area contributed by atoms with Crippen LogP contribution in [0, 0.1) is 6.92 Å². The number of nitrogens with zero attached hydrogens (tertiary/aromatic N) is 1. The number of hydrogen-bond donors (Lipinski definition) is 1. The first-order chi connectivity index (χ1) is 8.22. The summed E-state index contributed by atoms with van der Waals surface area (Å²) in [6, 6.07) is 2.00. The van der Waals surface area contributed by atoms with Gasteiger partial charge in [0.05, 0.1) is 10.9 Å². The van der Waals surface area contributed by atoms with Crippen LogP contribution in [-0.2, 0) is 6.54 Å². The van der Waals surface area contributed by atoms with Gasteiger partial charge in [-0.25, -0.2) is 0 Å². The predicted molar refractivity (Wildman–Crippen MR) is 73.0 cm³/mol. The van der Waals surface area contributed by atoms with Crippen molar-refractivity contribution in [3.63, 3.8) is 0 Å². The fourth-order valence-electron chi connectivity index (χ4n) is 2.31. The number of thiophene rings is 1. The van der Waals surface area contributed by atoms with Crippen molar-refractivity contribution in [3.05, 3.63) is 33.6 Å². The summed E-state index contributed by atoms with van der Waals surface area (Å²) in [5.41, 5.74) is 2.26. The average Bonchev–Trinajstić information content (AvgIpc) is 2.84. The highest BCUT2D eigenvalue weighted by Crippen LogP contribution is 2.30. The molecule has 4 heteroatoms. The Bertz CT molecular complexity index is 748. The third-order valence-electron chi connectivity index (χ3n) is 3.10. The molecule has 0 atom stereocenters. The molecule has 3 heterocycles. The van der Waals surface area contributed by atoms with E-state index in [0.29, 0.717) is 0 Å². The number of pyridine rings is 1. The number of aromatic nitrogens is 2. The van der Waals surface area contributed by atoms with Gasteiger partial charge in [-0.05, 0) is 30.4 Å². The number of aromatic amines is 1. The lowest BCUT2D eigenvalue weighted by Crippen LogP contribution is -2.18. The second-order valence-electron chi connectivity index (χ2n) is 4.35. The van der Waals surface area contributed by atoms with E-state index in [4.69, 9.17) is 0 Å². The predicted octanol–water partition coefficient (Wildman–Crippen LogP) is 3.26. The molecule has 3 aromatic heterocycles. The van der Waals surface area contributed by atoms with Crippen molar-refractivity contribution >= 4 is 32.5 Å². The van der Waals surface area contributed by atoms with Gasteiger partial charge in [0.15, 0.2) is 0 Å². The molecule has 1 N–H and O–H groups in total. The van der Waals surface area contributed by atoms with Gasteiger partial charge >= 0.3 is 0 Å². The van der Waals surface area contributed by atoms with Crippen molar-refractivity contribution < 1.29 is 0 Å². The average molecular weight is 246 g/mol. The molecule has 3 rings (SSSR count). The van der Waals surface area contributed by atoms with Gasteiger partial charge in [0.1, 0.15) is 4.83 Å². The van der Waals surface area contributed by atoms with Crippen LogP contribution in [0.25, 0.3) is 21.1 Å². The van der Waals surface area contributed by atoms with Crippen molar-refractivity contribution in [2.24, 2.45) is 0 Å². The van der Waals surface area contributed by atoms with Crippen LogP contribution < -0.4 is 5.56 Å². The van der Waals surface area contributed by atoms with E-state index >= 15 is 0 Å². The molecule has 0 aliphatic heterocycles. The maximum absolute atomic E-state index is 12.4. The first-order valence-corrected chi connectivity index (χ1v) is 6.69. The minimum Gasteiger partial charge on any atom is -0.346 e. The second-order valence-corrected chi connectivity index (χ2v) is 5.23. The highest BCUT2D eigenvalue weighted by Gasteiger charge is 2.12. The van der Waals surface area contributed by atoms with Crippen LogP contribution in [-0.4, -0.2) is 9.55 Å². The van der Waals surface area contributed by atoms with Crippen LogP contribution in [0.2, 0.25) is 0 Å². The minimum absolute atomic E-state index is 0.122. The first kappa shape index (κ1) is 10.6. The van der Waals surface area contributed by atoms with Gasteiger partial charge in [-0.2, -0.15) is 0 Å². The molecule has 0 amide bonds. The van der Waals surface area contributed by atoms with E-state index in [1.807, 2.05) is 12.3 Å². The van der Waals surface area contributed by atoms with E-state index in [0.717, 1.165) is 34.1 Å². The highest BCUT2D eigenvalue weighted by molar-refractivity contribution is 7.17. The molecular weight excluding hydrogens is 232 g/mol. The SMILES string of the molecule is CCCn1ccc2[nH]c3scc(C)c3c2c1=O. The van der Waals surface area contributed by atoms with Gasteiger partial charge in [-0.15, -0.1) is 11.3 Å². The summed E-state index contributed by atoms with van der Waals surface area (Å²) in [4.78, 5) is 16.8.